The van der Waals surface area contributed by atoms with Gasteiger partial charge < -0.3 is 10.3 Å². The lowest BCUT2D eigenvalue weighted by Crippen LogP contribution is -2.24. The Morgan fingerprint density at radius 3 is 2.64 bits per heavy atom. The van der Waals surface area contributed by atoms with Crippen LogP contribution in [0.2, 0.25) is 0 Å². The number of Topliss-reactive ketones (excluding diaryl/α,β-unsaturated/α-hetero) is 1. The van der Waals surface area contributed by atoms with E-state index in [-0.39, 0.29) is 23.0 Å². The minimum atomic E-state index is -0.310. The molecule has 1 fully saturated rings. The van der Waals surface area contributed by atoms with Crippen molar-refractivity contribution in [3.8, 4) is 0 Å². The molecule has 1 saturated carbocycles. The van der Waals surface area contributed by atoms with Crippen molar-refractivity contribution >= 4 is 34.4 Å². The van der Waals surface area contributed by atoms with Gasteiger partial charge >= 0.3 is 0 Å². The van der Waals surface area contributed by atoms with Gasteiger partial charge in [0.2, 0.25) is 5.91 Å². The highest BCUT2D eigenvalue weighted by atomic mass is 32.2. The minimum Gasteiger partial charge on any atom is -0.370 e. The number of amides is 1. The van der Waals surface area contributed by atoms with Crippen LogP contribution in [0.1, 0.15) is 66.3 Å². The molecule has 0 bridgehead atoms. The van der Waals surface area contributed by atoms with E-state index >= 15 is 0 Å². The van der Waals surface area contributed by atoms with Crippen LogP contribution in [-0.4, -0.2) is 31.6 Å². The third-order valence-electron chi connectivity index (χ3n) is 6.16. The maximum Gasteiger partial charge on any atom is 0.262 e. The number of fused-ring (bicyclic) bond motifs is 1. The van der Waals surface area contributed by atoms with Crippen molar-refractivity contribution in [1.29, 1.82) is 0 Å². The minimum absolute atomic E-state index is 0.0513. The normalized spacial score (nSPS) is 13.5. The van der Waals surface area contributed by atoms with Gasteiger partial charge in [-0.25, -0.2) is 4.98 Å². The Morgan fingerprint density at radius 1 is 1.15 bits per heavy atom. The van der Waals surface area contributed by atoms with Gasteiger partial charge in [0, 0.05) is 36.0 Å². The van der Waals surface area contributed by atoms with E-state index < -0.39 is 0 Å². The van der Waals surface area contributed by atoms with Crippen molar-refractivity contribution in [3.63, 3.8) is 0 Å². The summed E-state index contributed by atoms with van der Waals surface area (Å²) in [6.07, 6.45) is 4.91. The van der Waals surface area contributed by atoms with Gasteiger partial charge in [-0.2, -0.15) is 0 Å². The number of primary amides is 1. The number of unbranched alkanes of at least 4 members (excludes halogenated alkanes) is 2. The molecule has 0 spiro atoms. The standard InChI is InChI=1S/C25H30N4O3S/c1-16-14-20(17(2)29(16)18-11-12-18)22(30)15-33-25-27-21-9-6-5-8-19(21)24(32)28(25)13-7-3-4-10-23(26)31/h5-6,8-9,14,18H,3-4,7,10-13,15H2,1-2H3,(H2,26,31). The van der Waals surface area contributed by atoms with Crippen LogP contribution in [-0.2, 0) is 11.3 Å². The Morgan fingerprint density at radius 2 is 1.91 bits per heavy atom. The second kappa shape index (κ2) is 9.95. The van der Waals surface area contributed by atoms with Gasteiger partial charge in [-0.1, -0.05) is 30.3 Å². The maximum absolute atomic E-state index is 13.2. The molecular weight excluding hydrogens is 436 g/mol. The van der Waals surface area contributed by atoms with Crippen LogP contribution in [0.15, 0.2) is 40.3 Å². The third kappa shape index (κ3) is 5.21. The van der Waals surface area contributed by atoms with Crippen LogP contribution in [0.25, 0.3) is 10.9 Å². The molecule has 0 saturated heterocycles. The first-order chi connectivity index (χ1) is 15.9. The largest absolute Gasteiger partial charge is 0.370 e. The smallest absolute Gasteiger partial charge is 0.262 e. The summed E-state index contributed by atoms with van der Waals surface area (Å²) >= 11 is 1.31. The number of carbonyl (C=O) groups is 2. The first-order valence-electron chi connectivity index (χ1n) is 11.5. The lowest BCUT2D eigenvalue weighted by atomic mass is 10.2. The summed E-state index contributed by atoms with van der Waals surface area (Å²) in [5.74, 6) is -0.0349. The van der Waals surface area contributed by atoms with Crippen LogP contribution in [0.4, 0.5) is 0 Å². The first kappa shape index (κ1) is 23.3. The van der Waals surface area contributed by atoms with Crippen LogP contribution < -0.4 is 11.3 Å². The number of ketones is 1. The predicted molar refractivity (Wildman–Crippen MR) is 131 cm³/mol. The predicted octanol–water partition coefficient (Wildman–Crippen LogP) is 4.17. The fourth-order valence-electron chi connectivity index (χ4n) is 4.36. The van der Waals surface area contributed by atoms with Gasteiger partial charge in [0.15, 0.2) is 10.9 Å². The number of hydrogen-bond acceptors (Lipinski definition) is 5. The molecule has 0 atom stereocenters. The van der Waals surface area contributed by atoms with Gasteiger partial charge in [-0.3, -0.25) is 19.0 Å². The average Bonchev–Trinajstić information content (AvgIpc) is 3.57. The fourth-order valence-corrected chi connectivity index (χ4v) is 5.27. The molecule has 174 valence electrons. The molecule has 3 aromatic rings. The summed E-state index contributed by atoms with van der Waals surface area (Å²) in [4.78, 5) is 41.9. The number of nitrogens with zero attached hydrogens (tertiary/aromatic N) is 3. The molecule has 1 aliphatic rings. The van der Waals surface area contributed by atoms with E-state index in [4.69, 9.17) is 10.7 Å². The lowest BCUT2D eigenvalue weighted by molar-refractivity contribution is -0.118. The van der Waals surface area contributed by atoms with Crippen molar-refractivity contribution in [2.45, 2.75) is 70.1 Å². The number of rotatable bonds is 11. The summed E-state index contributed by atoms with van der Waals surface area (Å²) in [7, 11) is 0. The number of benzene rings is 1. The monoisotopic (exact) mass is 466 g/mol. The fraction of sp³-hybridized carbons (Fsp3) is 0.440. The molecule has 7 nitrogen and oxygen atoms in total. The number of thioether (sulfide) groups is 1. The number of aryl methyl sites for hydroxylation is 1. The highest BCUT2D eigenvalue weighted by molar-refractivity contribution is 7.99. The molecule has 0 aliphatic heterocycles. The Hall–Kier alpha value is -2.87. The molecule has 0 radical (unpaired) electrons. The summed E-state index contributed by atoms with van der Waals surface area (Å²) < 4.78 is 3.94. The van der Waals surface area contributed by atoms with Gasteiger partial charge in [0.1, 0.15) is 0 Å². The number of nitrogens with two attached hydrogens (primary N) is 1. The molecule has 2 heterocycles. The van der Waals surface area contributed by atoms with Gasteiger partial charge in [-0.15, -0.1) is 0 Å². The molecule has 2 N–H and O–H groups in total. The van der Waals surface area contributed by atoms with Crippen LogP contribution in [0, 0.1) is 13.8 Å². The summed E-state index contributed by atoms with van der Waals surface area (Å²) in [5, 5.41) is 1.12. The zero-order valence-corrected chi connectivity index (χ0v) is 20.0. The highest BCUT2D eigenvalue weighted by Crippen LogP contribution is 2.38. The second-order valence-electron chi connectivity index (χ2n) is 8.74. The number of para-hydroxylation sites is 1. The first-order valence-corrected chi connectivity index (χ1v) is 12.5. The van der Waals surface area contributed by atoms with Crippen molar-refractivity contribution in [2.24, 2.45) is 5.73 Å². The summed E-state index contributed by atoms with van der Waals surface area (Å²) in [6, 6.07) is 9.80. The summed E-state index contributed by atoms with van der Waals surface area (Å²) in [5.41, 5.74) is 8.66. The molecule has 2 aromatic heterocycles. The van der Waals surface area contributed by atoms with Crippen LogP contribution in [0.5, 0.6) is 0 Å². The molecule has 1 aromatic carbocycles. The highest BCUT2D eigenvalue weighted by Gasteiger charge is 2.28. The van der Waals surface area contributed by atoms with E-state index in [1.807, 2.05) is 31.2 Å². The second-order valence-corrected chi connectivity index (χ2v) is 9.69. The van der Waals surface area contributed by atoms with E-state index in [2.05, 4.69) is 11.5 Å². The molecule has 4 rings (SSSR count). The van der Waals surface area contributed by atoms with Gasteiger partial charge in [0.25, 0.3) is 5.56 Å². The molecule has 1 aliphatic carbocycles. The van der Waals surface area contributed by atoms with Crippen LogP contribution >= 0.6 is 11.8 Å². The summed E-state index contributed by atoms with van der Waals surface area (Å²) in [6.45, 7) is 4.55. The number of hydrogen-bond donors (Lipinski definition) is 1. The number of aromatic nitrogens is 3. The van der Waals surface area contributed by atoms with E-state index in [1.54, 1.807) is 10.6 Å². The average molecular weight is 467 g/mol. The van der Waals surface area contributed by atoms with E-state index in [0.717, 1.165) is 29.8 Å². The molecule has 8 heteroatoms. The van der Waals surface area contributed by atoms with Crippen molar-refractivity contribution in [3.05, 3.63) is 57.6 Å². The quantitative estimate of drug-likeness (QED) is 0.198. The van der Waals surface area contributed by atoms with E-state index in [0.29, 0.717) is 41.5 Å². The van der Waals surface area contributed by atoms with Crippen LogP contribution in [0.3, 0.4) is 0 Å². The Labute approximate surface area is 197 Å². The molecular formula is C25H30N4O3S. The molecule has 0 unspecified atom stereocenters. The van der Waals surface area contributed by atoms with Gasteiger partial charge in [-0.05, 0) is 57.7 Å². The lowest BCUT2D eigenvalue weighted by Gasteiger charge is -2.13. The van der Waals surface area contributed by atoms with Crippen molar-refractivity contribution < 1.29 is 9.59 Å². The van der Waals surface area contributed by atoms with Crippen molar-refractivity contribution in [1.82, 2.24) is 14.1 Å². The SMILES string of the molecule is Cc1cc(C(=O)CSc2nc3ccccc3c(=O)n2CCCCCC(N)=O)c(C)n1C1CC1. The molecule has 33 heavy (non-hydrogen) atoms. The van der Waals surface area contributed by atoms with E-state index in [9.17, 15) is 14.4 Å². The zero-order chi connectivity index (χ0) is 23.5. The Kier molecular flexibility index (Phi) is 7.02. The maximum atomic E-state index is 13.2. The Bertz CT molecular complexity index is 1260. The van der Waals surface area contributed by atoms with Gasteiger partial charge in [0.05, 0.1) is 16.7 Å². The third-order valence-corrected chi connectivity index (χ3v) is 7.14. The Balaban J connectivity index is 1.53. The number of carbonyl (C=O) groups excluding carboxylic acids is 2. The molecule has 1 amide bonds. The zero-order valence-electron chi connectivity index (χ0n) is 19.2. The van der Waals surface area contributed by atoms with Crippen molar-refractivity contribution in [2.75, 3.05) is 5.75 Å². The van der Waals surface area contributed by atoms with E-state index in [1.165, 1.54) is 24.6 Å². The topological polar surface area (TPSA) is 100.0 Å².